The number of carbonyl (C=O) groups excluding carboxylic acids is 1. The molecule has 7 heteroatoms. The van der Waals surface area contributed by atoms with Crippen LogP contribution in [0.4, 0.5) is 11.5 Å². The van der Waals surface area contributed by atoms with Crippen molar-refractivity contribution < 1.29 is 9.72 Å². The molecule has 0 fully saturated rings. The van der Waals surface area contributed by atoms with Gasteiger partial charge in [-0.2, -0.15) is 5.10 Å². The molecule has 0 bridgehead atoms. The van der Waals surface area contributed by atoms with Crippen LogP contribution in [0.1, 0.15) is 38.3 Å². The SMILES string of the molecule is CCCCCC(=O)Nc1cc(C)nn1-c1ccc([N+](=O)[O-])cc1. The van der Waals surface area contributed by atoms with E-state index in [4.69, 9.17) is 0 Å². The third-order valence-electron chi connectivity index (χ3n) is 3.41. The van der Waals surface area contributed by atoms with Gasteiger partial charge < -0.3 is 5.32 Å². The summed E-state index contributed by atoms with van der Waals surface area (Å²) in [6.07, 6.45) is 3.41. The largest absolute Gasteiger partial charge is 0.311 e. The fraction of sp³-hybridized carbons (Fsp3) is 0.375. The van der Waals surface area contributed by atoms with Gasteiger partial charge in [0.05, 0.1) is 16.3 Å². The zero-order valence-electron chi connectivity index (χ0n) is 13.3. The van der Waals surface area contributed by atoms with Crippen molar-refractivity contribution in [3.05, 3.63) is 46.1 Å². The number of non-ortho nitro benzene ring substituents is 1. The zero-order chi connectivity index (χ0) is 16.8. The summed E-state index contributed by atoms with van der Waals surface area (Å²) in [5.41, 5.74) is 1.43. The Morgan fingerprint density at radius 2 is 2.00 bits per heavy atom. The van der Waals surface area contributed by atoms with Crippen LogP contribution >= 0.6 is 0 Å². The minimum absolute atomic E-state index is 0.0165. The molecule has 0 unspecified atom stereocenters. The summed E-state index contributed by atoms with van der Waals surface area (Å²) in [6, 6.07) is 7.83. The minimum atomic E-state index is -0.450. The summed E-state index contributed by atoms with van der Waals surface area (Å²) in [4.78, 5) is 22.2. The molecule has 0 radical (unpaired) electrons. The average Bonchev–Trinajstić information content (AvgIpc) is 2.88. The van der Waals surface area contributed by atoms with Crippen LogP contribution in [0, 0.1) is 17.0 Å². The van der Waals surface area contributed by atoms with Crippen LogP contribution in [0.25, 0.3) is 5.69 Å². The number of nitrogens with one attached hydrogen (secondary N) is 1. The number of unbranched alkanes of at least 4 members (excludes halogenated alkanes) is 2. The fourth-order valence-corrected chi connectivity index (χ4v) is 2.24. The molecule has 1 heterocycles. The molecule has 2 aromatic rings. The van der Waals surface area contributed by atoms with E-state index in [1.807, 2.05) is 6.92 Å². The molecule has 0 aliphatic heterocycles. The Balaban J connectivity index is 2.16. The quantitative estimate of drug-likeness (QED) is 0.480. The van der Waals surface area contributed by atoms with Crippen molar-refractivity contribution in [1.29, 1.82) is 0 Å². The van der Waals surface area contributed by atoms with E-state index in [1.54, 1.807) is 22.9 Å². The van der Waals surface area contributed by atoms with Crippen molar-refractivity contribution in [2.75, 3.05) is 5.32 Å². The molecule has 1 aromatic carbocycles. The van der Waals surface area contributed by atoms with Gasteiger partial charge in [0, 0.05) is 24.6 Å². The zero-order valence-corrected chi connectivity index (χ0v) is 13.3. The number of rotatable bonds is 7. The van der Waals surface area contributed by atoms with Crippen LogP contribution in [0.5, 0.6) is 0 Å². The van der Waals surface area contributed by atoms with Crippen LogP contribution in [-0.4, -0.2) is 20.6 Å². The molecule has 1 aromatic heterocycles. The van der Waals surface area contributed by atoms with Crippen molar-refractivity contribution in [2.45, 2.75) is 39.5 Å². The number of hydrogen-bond acceptors (Lipinski definition) is 4. The Bertz CT molecular complexity index is 692. The maximum Gasteiger partial charge on any atom is 0.269 e. The fourth-order valence-electron chi connectivity index (χ4n) is 2.24. The second-order valence-electron chi connectivity index (χ2n) is 5.36. The number of benzene rings is 1. The molecule has 0 aliphatic carbocycles. The highest BCUT2D eigenvalue weighted by atomic mass is 16.6. The second kappa shape index (κ2) is 7.53. The van der Waals surface area contributed by atoms with E-state index in [0.717, 1.165) is 25.0 Å². The first-order chi connectivity index (χ1) is 11.0. The summed E-state index contributed by atoms with van der Waals surface area (Å²) < 4.78 is 1.58. The van der Waals surface area contributed by atoms with E-state index in [1.165, 1.54) is 12.1 Å². The van der Waals surface area contributed by atoms with Gasteiger partial charge in [0.1, 0.15) is 5.82 Å². The molecule has 23 heavy (non-hydrogen) atoms. The standard InChI is InChI=1S/C16H20N4O3/c1-3-4-5-6-16(21)17-15-11-12(2)18-19(15)13-7-9-14(10-8-13)20(22)23/h7-11H,3-6H2,1-2H3,(H,17,21). The van der Waals surface area contributed by atoms with E-state index in [-0.39, 0.29) is 11.6 Å². The molecule has 0 saturated carbocycles. The van der Waals surface area contributed by atoms with E-state index in [2.05, 4.69) is 17.3 Å². The van der Waals surface area contributed by atoms with Crippen molar-refractivity contribution in [3.8, 4) is 5.69 Å². The van der Waals surface area contributed by atoms with E-state index >= 15 is 0 Å². The lowest BCUT2D eigenvalue weighted by Gasteiger charge is -2.08. The molecule has 0 aliphatic rings. The molecule has 2 rings (SSSR count). The van der Waals surface area contributed by atoms with Crippen molar-refractivity contribution in [1.82, 2.24) is 9.78 Å². The summed E-state index contributed by atoms with van der Waals surface area (Å²) in [5.74, 6) is 0.513. The number of amides is 1. The number of nitro benzene ring substituents is 1. The van der Waals surface area contributed by atoms with Gasteiger partial charge in [-0.25, -0.2) is 4.68 Å². The minimum Gasteiger partial charge on any atom is -0.311 e. The lowest BCUT2D eigenvalue weighted by Crippen LogP contribution is -2.14. The Kier molecular flexibility index (Phi) is 5.46. The normalized spacial score (nSPS) is 10.5. The van der Waals surface area contributed by atoms with Crippen molar-refractivity contribution >= 4 is 17.4 Å². The predicted octanol–water partition coefficient (Wildman–Crippen LogP) is 3.61. The third kappa shape index (κ3) is 4.38. The van der Waals surface area contributed by atoms with Gasteiger partial charge in [0.25, 0.3) is 5.69 Å². The van der Waals surface area contributed by atoms with E-state index in [9.17, 15) is 14.9 Å². The topological polar surface area (TPSA) is 90.1 Å². The van der Waals surface area contributed by atoms with Gasteiger partial charge >= 0.3 is 0 Å². The number of aryl methyl sites for hydroxylation is 1. The van der Waals surface area contributed by atoms with Crippen LogP contribution in [0.2, 0.25) is 0 Å². The van der Waals surface area contributed by atoms with Gasteiger partial charge in [0.2, 0.25) is 5.91 Å². The summed E-state index contributed by atoms with van der Waals surface area (Å²) >= 11 is 0. The van der Waals surface area contributed by atoms with Gasteiger partial charge in [-0.05, 0) is 25.5 Å². The molecule has 7 nitrogen and oxygen atoms in total. The number of nitro groups is 1. The molecule has 0 atom stereocenters. The Morgan fingerprint density at radius 1 is 1.30 bits per heavy atom. The van der Waals surface area contributed by atoms with Crippen molar-refractivity contribution in [2.24, 2.45) is 0 Å². The predicted molar refractivity (Wildman–Crippen MR) is 87.7 cm³/mol. The van der Waals surface area contributed by atoms with Gasteiger partial charge in [-0.1, -0.05) is 19.8 Å². The van der Waals surface area contributed by atoms with Gasteiger partial charge in [0.15, 0.2) is 0 Å². The van der Waals surface area contributed by atoms with Crippen LogP contribution in [0.3, 0.4) is 0 Å². The Hall–Kier alpha value is -2.70. The van der Waals surface area contributed by atoms with E-state index in [0.29, 0.717) is 17.9 Å². The van der Waals surface area contributed by atoms with E-state index < -0.39 is 4.92 Å². The molecule has 0 spiro atoms. The third-order valence-corrected chi connectivity index (χ3v) is 3.41. The number of hydrogen-bond donors (Lipinski definition) is 1. The van der Waals surface area contributed by atoms with Gasteiger partial charge in [-0.3, -0.25) is 14.9 Å². The molecule has 122 valence electrons. The highest BCUT2D eigenvalue weighted by Gasteiger charge is 2.12. The second-order valence-corrected chi connectivity index (χ2v) is 5.36. The van der Waals surface area contributed by atoms with Crippen molar-refractivity contribution in [3.63, 3.8) is 0 Å². The first-order valence-electron chi connectivity index (χ1n) is 7.62. The number of anilines is 1. The highest BCUT2D eigenvalue weighted by molar-refractivity contribution is 5.90. The van der Waals surface area contributed by atoms with Crippen LogP contribution in [-0.2, 0) is 4.79 Å². The smallest absolute Gasteiger partial charge is 0.269 e. The molecule has 1 amide bonds. The number of carbonyl (C=O) groups is 1. The van der Waals surface area contributed by atoms with Gasteiger partial charge in [-0.15, -0.1) is 0 Å². The first-order valence-corrected chi connectivity index (χ1v) is 7.62. The lowest BCUT2D eigenvalue weighted by molar-refractivity contribution is -0.384. The Labute approximate surface area is 134 Å². The summed E-state index contributed by atoms with van der Waals surface area (Å²) in [6.45, 7) is 3.92. The average molecular weight is 316 g/mol. The first kappa shape index (κ1) is 16.7. The number of nitrogens with zero attached hydrogens (tertiary/aromatic N) is 3. The number of aromatic nitrogens is 2. The maximum atomic E-state index is 12.0. The molecule has 0 saturated heterocycles. The van der Waals surface area contributed by atoms with Crippen LogP contribution < -0.4 is 5.32 Å². The monoisotopic (exact) mass is 316 g/mol. The molecule has 1 N–H and O–H groups in total. The summed E-state index contributed by atoms with van der Waals surface area (Å²) in [5, 5.41) is 17.9. The molecular weight excluding hydrogens is 296 g/mol. The summed E-state index contributed by atoms with van der Waals surface area (Å²) in [7, 11) is 0. The molecular formula is C16H20N4O3. The highest BCUT2D eigenvalue weighted by Crippen LogP contribution is 2.20. The Morgan fingerprint density at radius 3 is 2.61 bits per heavy atom. The van der Waals surface area contributed by atoms with Crippen LogP contribution in [0.15, 0.2) is 30.3 Å². The lowest BCUT2D eigenvalue weighted by atomic mass is 10.2. The maximum absolute atomic E-state index is 12.0.